The van der Waals surface area contributed by atoms with Crippen LogP contribution in [0.5, 0.6) is 0 Å². The standard InChI is InChI=1S/C20H30Cl2N2O3S2/c1-20(2,3)29(26,27)24-15-9-7-14(8-10-15)19(25)23-11-12-28-13-16-17(21)5-4-6-18(16)22/h4-6,14-15,24H,7-13H2,1-3H3,(H,23,25). The van der Waals surface area contributed by atoms with Crippen LogP contribution in [0.25, 0.3) is 0 Å². The molecule has 1 saturated carbocycles. The molecule has 1 amide bonds. The molecule has 164 valence electrons. The number of carbonyl (C=O) groups is 1. The van der Waals surface area contributed by atoms with Gasteiger partial charge in [0.15, 0.2) is 0 Å². The highest BCUT2D eigenvalue weighted by molar-refractivity contribution is 7.98. The second kappa shape index (κ2) is 10.7. The number of thioether (sulfide) groups is 1. The third-order valence-electron chi connectivity index (χ3n) is 5.08. The molecular formula is C20H30Cl2N2O3S2. The van der Waals surface area contributed by atoms with Crippen LogP contribution in [0.15, 0.2) is 18.2 Å². The fourth-order valence-corrected chi connectivity index (χ4v) is 5.73. The Morgan fingerprint density at radius 1 is 1.14 bits per heavy atom. The molecule has 0 unspecified atom stereocenters. The number of sulfonamides is 1. The topological polar surface area (TPSA) is 75.3 Å². The molecule has 0 bridgehead atoms. The molecule has 0 atom stereocenters. The van der Waals surface area contributed by atoms with Crippen LogP contribution in [-0.4, -0.2) is 37.4 Å². The quantitative estimate of drug-likeness (QED) is 0.532. The van der Waals surface area contributed by atoms with Gasteiger partial charge in [-0.05, 0) is 64.2 Å². The monoisotopic (exact) mass is 480 g/mol. The van der Waals surface area contributed by atoms with E-state index >= 15 is 0 Å². The van der Waals surface area contributed by atoms with Crippen LogP contribution in [0.3, 0.4) is 0 Å². The van der Waals surface area contributed by atoms with Gasteiger partial charge in [0.2, 0.25) is 15.9 Å². The lowest BCUT2D eigenvalue weighted by Crippen LogP contribution is -2.46. The summed E-state index contributed by atoms with van der Waals surface area (Å²) in [5.74, 6) is 1.48. The molecule has 0 aromatic heterocycles. The summed E-state index contributed by atoms with van der Waals surface area (Å²) in [6, 6.07) is 5.38. The van der Waals surface area contributed by atoms with Gasteiger partial charge in [-0.3, -0.25) is 4.79 Å². The van der Waals surface area contributed by atoms with Crippen LogP contribution >= 0.6 is 35.0 Å². The Bertz CT molecular complexity index is 782. The highest BCUT2D eigenvalue weighted by atomic mass is 35.5. The van der Waals surface area contributed by atoms with E-state index in [1.54, 1.807) is 32.5 Å². The maximum Gasteiger partial charge on any atom is 0.223 e. The number of benzene rings is 1. The van der Waals surface area contributed by atoms with E-state index in [-0.39, 0.29) is 17.9 Å². The van der Waals surface area contributed by atoms with E-state index in [9.17, 15) is 13.2 Å². The smallest absolute Gasteiger partial charge is 0.223 e. The summed E-state index contributed by atoms with van der Waals surface area (Å²) in [5.41, 5.74) is 0.920. The summed E-state index contributed by atoms with van der Waals surface area (Å²) in [6.45, 7) is 5.65. The lowest BCUT2D eigenvalue weighted by atomic mass is 9.86. The molecule has 1 aromatic rings. The van der Waals surface area contributed by atoms with E-state index in [1.165, 1.54) is 0 Å². The fourth-order valence-electron chi connectivity index (χ4n) is 3.10. The lowest BCUT2D eigenvalue weighted by molar-refractivity contribution is -0.125. The Morgan fingerprint density at radius 3 is 2.28 bits per heavy atom. The average molecular weight is 482 g/mol. The second-order valence-corrected chi connectivity index (χ2v) is 12.7. The van der Waals surface area contributed by atoms with E-state index in [1.807, 2.05) is 18.2 Å². The number of halogens is 2. The third-order valence-corrected chi connectivity index (χ3v) is 9.03. The van der Waals surface area contributed by atoms with Gasteiger partial charge in [-0.25, -0.2) is 13.1 Å². The maximum atomic E-state index is 12.4. The minimum absolute atomic E-state index is 0.0478. The molecule has 1 aliphatic carbocycles. The number of carbonyl (C=O) groups excluding carboxylic acids is 1. The molecule has 2 rings (SSSR count). The largest absolute Gasteiger partial charge is 0.355 e. The highest BCUT2D eigenvalue weighted by Crippen LogP contribution is 2.28. The van der Waals surface area contributed by atoms with Crippen molar-refractivity contribution in [2.45, 2.75) is 63.0 Å². The molecule has 2 N–H and O–H groups in total. The van der Waals surface area contributed by atoms with Crippen molar-refractivity contribution in [3.05, 3.63) is 33.8 Å². The zero-order valence-corrected chi connectivity index (χ0v) is 20.3. The first-order valence-corrected chi connectivity index (χ1v) is 13.2. The predicted molar refractivity (Wildman–Crippen MR) is 123 cm³/mol. The van der Waals surface area contributed by atoms with Crippen molar-refractivity contribution < 1.29 is 13.2 Å². The number of nitrogens with one attached hydrogen (secondary N) is 2. The number of hydrogen-bond donors (Lipinski definition) is 2. The van der Waals surface area contributed by atoms with Crippen LogP contribution in [0.1, 0.15) is 52.0 Å². The van der Waals surface area contributed by atoms with Crippen LogP contribution in [0.4, 0.5) is 0 Å². The van der Waals surface area contributed by atoms with Gasteiger partial charge < -0.3 is 5.32 Å². The summed E-state index contributed by atoms with van der Waals surface area (Å²) in [5, 5.41) is 4.31. The zero-order chi connectivity index (χ0) is 21.7. The first kappa shape index (κ1) is 24.8. The van der Waals surface area contributed by atoms with Crippen molar-refractivity contribution in [1.82, 2.24) is 10.0 Å². The first-order chi connectivity index (χ1) is 13.5. The number of hydrogen-bond acceptors (Lipinski definition) is 4. The normalized spacial score (nSPS) is 20.4. The van der Waals surface area contributed by atoms with Gasteiger partial charge in [-0.1, -0.05) is 29.3 Å². The van der Waals surface area contributed by atoms with E-state index < -0.39 is 14.8 Å². The van der Waals surface area contributed by atoms with Crippen LogP contribution < -0.4 is 10.0 Å². The Labute approximate surface area is 188 Å². The third kappa shape index (κ3) is 7.31. The molecule has 0 heterocycles. The minimum atomic E-state index is -3.36. The van der Waals surface area contributed by atoms with Crippen molar-refractivity contribution in [1.29, 1.82) is 0 Å². The molecular weight excluding hydrogens is 451 g/mol. The van der Waals surface area contributed by atoms with E-state index in [0.29, 0.717) is 48.0 Å². The fraction of sp³-hybridized carbons (Fsp3) is 0.650. The van der Waals surface area contributed by atoms with E-state index in [2.05, 4.69) is 10.0 Å². The Morgan fingerprint density at radius 2 is 1.72 bits per heavy atom. The Hall–Kier alpha value is -0.470. The summed E-state index contributed by atoms with van der Waals surface area (Å²) in [4.78, 5) is 12.4. The Balaban J connectivity index is 1.67. The highest BCUT2D eigenvalue weighted by Gasteiger charge is 2.33. The number of amides is 1. The SMILES string of the molecule is CC(C)(C)S(=O)(=O)NC1CCC(C(=O)NCCSCc2c(Cl)cccc2Cl)CC1. The van der Waals surface area contributed by atoms with Gasteiger partial charge in [-0.15, -0.1) is 0 Å². The number of rotatable bonds is 8. The van der Waals surface area contributed by atoms with Gasteiger partial charge in [0, 0.05) is 40.1 Å². The van der Waals surface area contributed by atoms with Crippen molar-refractivity contribution in [3.63, 3.8) is 0 Å². The molecule has 5 nitrogen and oxygen atoms in total. The van der Waals surface area contributed by atoms with Crippen molar-refractivity contribution >= 4 is 50.9 Å². The van der Waals surface area contributed by atoms with E-state index in [4.69, 9.17) is 23.2 Å². The summed E-state index contributed by atoms with van der Waals surface area (Å²) < 4.78 is 26.5. The molecule has 1 aromatic carbocycles. The Kier molecular flexibility index (Phi) is 9.16. The summed E-state index contributed by atoms with van der Waals surface area (Å²) in [6.07, 6.45) is 2.78. The molecule has 1 fully saturated rings. The minimum Gasteiger partial charge on any atom is -0.355 e. The molecule has 0 aliphatic heterocycles. The van der Waals surface area contributed by atoms with Gasteiger partial charge in [-0.2, -0.15) is 11.8 Å². The van der Waals surface area contributed by atoms with Crippen molar-refractivity contribution in [3.8, 4) is 0 Å². The average Bonchev–Trinajstić information content (AvgIpc) is 2.62. The summed E-state index contributed by atoms with van der Waals surface area (Å²) >= 11 is 14.0. The van der Waals surface area contributed by atoms with Gasteiger partial charge in [0.1, 0.15) is 0 Å². The first-order valence-electron chi connectivity index (χ1n) is 9.81. The molecule has 0 radical (unpaired) electrons. The van der Waals surface area contributed by atoms with Crippen LogP contribution in [0, 0.1) is 5.92 Å². The molecule has 0 saturated heterocycles. The maximum absolute atomic E-state index is 12.4. The molecule has 9 heteroatoms. The molecule has 1 aliphatic rings. The van der Waals surface area contributed by atoms with Crippen molar-refractivity contribution in [2.24, 2.45) is 5.92 Å². The molecule has 29 heavy (non-hydrogen) atoms. The van der Waals surface area contributed by atoms with Crippen LogP contribution in [0.2, 0.25) is 10.0 Å². The lowest BCUT2D eigenvalue weighted by Gasteiger charge is -2.30. The summed E-state index contributed by atoms with van der Waals surface area (Å²) in [7, 11) is -3.36. The predicted octanol–water partition coefficient (Wildman–Crippen LogP) is 4.62. The van der Waals surface area contributed by atoms with Gasteiger partial charge in [0.25, 0.3) is 0 Å². The zero-order valence-electron chi connectivity index (χ0n) is 17.1. The van der Waals surface area contributed by atoms with E-state index in [0.717, 1.165) is 11.3 Å². The van der Waals surface area contributed by atoms with Crippen molar-refractivity contribution in [2.75, 3.05) is 12.3 Å². The molecule has 0 spiro atoms. The van der Waals surface area contributed by atoms with Gasteiger partial charge in [0.05, 0.1) is 4.75 Å². The van der Waals surface area contributed by atoms with Gasteiger partial charge >= 0.3 is 0 Å². The van der Waals surface area contributed by atoms with Crippen LogP contribution in [-0.2, 0) is 20.6 Å². The second-order valence-electron chi connectivity index (χ2n) is 8.33.